The van der Waals surface area contributed by atoms with Crippen molar-refractivity contribution in [3.63, 3.8) is 0 Å². The maximum absolute atomic E-state index is 12.0. The summed E-state index contributed by atoms with van der Waals surface area (Å²) in [7, 11) is 0. The summed E-state index contributed by atoms with van der Waals surface area (Å²) in [6.45, 7) is 0. The summed E-state index contributed by atoms with van der Waals surface area (Å²) in [5, 5.41) is 14.2. The number of anilines is 1. The van der Waals surface area contributed by atoms with Gasteiger partial charge in [-0.1, -0.05) is 22.9 Å². The first-order chi connectivity index (χ1) is 10.0. The van der Waals surface area contributed by atoms with Crippen LogP contribution in [0, 0.1) is 0 Å². The third-order valence-corrected chi connectivity index (χ3v) is 4.95. The predicted octanol–water partition coefficient (Wildman–Crippen LogP) is 3.96. The monoisotopic (exact) mass is 338 g/mol. The Hall–Kier alpha value is -1.96. The van der Waals surface area contributed by atoms with Crippen LogP contribution in [0.2, 0.25) is 5.02 Å². The van der Waals surface area contributed by atoms with Gasteiger partial charge in [0.05, 0.1) is 20.8 Å². The number of nitrogens with one attached hydrogen (secondary N) is 1. The zero-order chi connectivity index (χ0) is 15.0. The van der Waals surface area contributed by atoms with Gasteiger partial charge in [-0.2, -0.15) is 0 Å². The molecule has 0 unspecified atom stereocenters. The molecule has 0 bridgehead atoms. The number of carboxylic acid groups (broad SMARTS) is 1. The van der Waals surface area contributed by atoms with Gasteiger partial charge in [0.1, 0.15) is 4.88 Å². The number of fused-ring (bicyclic) bond motifs is 1. The van der Waals surface area contributed by atoms with Gasteiger partial charge in [-0.15, -0.1) is 11.3 Å². The molecule has 0 saturated carbocycles. The average molecular weight is 339 g/mol. The van der Waals surface area contributed by atoms with Crippen LogP contribution in [0.15, 0.2) is 29.6 Å². The third-order valence-electron chi connectivity index (χ3n) is 2.68. The summed E-state index contributed by atoms with van der Waals surface area (Å²) in [4.78, 5) is 27.6. The Kier molecular flexibility index (Phi) is 3.62. The van der Waals surface area contributed by atoms with Crippen molar-refractivity contribution >= 4 is 61.5 Å². The standard InChI is InChI=1S/C13H7ClN2O3S2/c14-7-3-4-20-10(7)11(17)16-13-15-8-2-1-6(12(18)19)5-9(8)21-13/h1-5H,(H,18,19)(H,15,16,17). The Bertz CT molecular complexity index is 856. The highest BCUT2D eigenvalue weighted by atomic mass is 35.5. The topological polar surface area (TPSA) is 79.3 Å². The molecule has 0 radical (unpaired) electrons. The average Bonchev–Trinajstić information content (AvgIpc) is 3.02. The molecular formula is C13H7ClN2O3S2. The van der Waals surface area contributed by atoms with Gasteiger partial charge in [0.15, 0.2) is 5.13 Å². The summed E-state index contributed by atoms with van der Waals surface area (Å²) < 4.78 is 0.697. The van der Waals surface area contributed by atoms with Gasteiger partial charge in [-0.05, 0) is 29.6 Å². The lowest BCUT2D eigenvalue weighted by Gasteiger charge is -1.98. The summed E-state index contributed by atoms with van der Waals surface area (Å²) in [5.74, 6) is -1.33. The molecular weight excluding hydrogens is 332 g/mol. The van der Waals surface area contributed by atoms with E-state index >= 15 is 0 Å². The fourth-order valence-corrected chi connectivity index (χ4v) is 3.66. The van der Waals surface area contributed by atoms with Crippen LogP contribution in [0.3, 0.4) is 0 Å². The molecule has 3 rings (SSSR count). The molecule has 0 aliphatic rings. The maximum Gasteiger partial charge on any atom is 0.335 e. The van der Waals surface area contributed by atoms with Crippen LogP contribution >= 0.6 is 34.3 Å². The highest BCUT2D eigenvalue weighted by Gasteiger charge is 2.15. The van der Waals surface area contributed by atoms with Gasteiger partial charge in [-0.25, -0.2) is 9.78 Å². The molecule has 106 valence electrons. The molecule has 0 aliphatic carbocycles. The fraction of sp³-hybridized carbons (Fsp3) is 0. The zero-order valence-electron chi connectivity index (χ0n) is 10.3. The van der Waals surface area contributed by atoms with Crippen molar-refractivity contribution in [2.24, 2.45) is 0 Å². The van der Waals surface area contributed by atoms with E-state index in [-0.39, 0.29) is 11.5 Å². The number of aromatic nitrogens is 1. The van der Waals surface area contributed by atoms with Gasteiger partial charge in [0.2, 0.25) is 0 Å². The highest BCUT2D eigenvalue weighted by Crippen LogP contribution is 2.29. The van der Waals surface area contributed by atoms with Gasteiger partial charge < -0.3 is 5.11 Å². The number of nitrogens with zero attached hydrogens (tertiary/aromatic N) is 1. The Balaban J connectivity index is 1.89. The molecule has 1 amide bonds. The predicted molar refractivity (Wildman–Crippen MR) is 83.9 cm³/mol. The number of halogens is 1. The van der Waals surface area contributed by atoms with E-state index in [4.69, 9.17) is 16.7 Å². The molecule has 0 atom stereocenters. The number of thiophene rings is 1. The van der Waals surface area contributed by atoms with E-state index in [1.54, 1.807) is 17.5 Å². The van der Waals surface area contributed by atoms with E-state index in [0.29, 0.717) is 25.2 Å². The van der Waals surface area contributed by atoms with Crippen LogP contribution in [-0.4, -0.2) is 22.0 Å². The van der Waals surface area contributed by atoms with Crippen LogP contribution in [0.1, 0.15) is 20.0 Å². The van der Waals surface area contributed by atoms with Crippen LogP contribution in [0.5, 0.6) is 0 Å². The smallest absolute Gasteiger partial charge is 0.335 e. The summed E-state index contributed by atoms with van der Waals surface area (Å²) >= 11 is 8.36. The first kappa shape index (κ1) is 14.0. The van der Waals surface area contributed by atoms with Crippen molar-refractivity contribution < 1.29 is 14.7 Å². The summed E-state index contributed by atoms with van der Waals surface area (Å²) in [6, 6.07) is 6.27. The van der Waals surface area contributed by atoms with E-state index in [1.165, 1.54) is 34.8 Å². The minimum Gasteiger partial charge on any atom is -0.478 e. The number of aromatic carboxylic acids is 1. The molecule has 3 aromatic rings. The van der Waals surface area contributed by atoms with Crippen molar-refractivity contribution in [1.82, 2.24) is 4.98 Å². The number of thiazole rings is 1. The second kappa shape index (κ2) is 5.44. The van der Waals surface area contributed by atoms with E-state index in [9.17, 15) is 9.59 Å². The number of carboxylic acids is 1. The Labute approximate surface area is 131 Å². The first-order valence-corrected chi connectivity index (χ1v) is 7.80. The van der Waals surface area contributed by atoms with Crippen LogP contribution < -0.4 is 5.32 Å². The normalized spacial score (nSPS) is 10.7. The van der Waals surface area contributed by atoms with Crippen molar-refractivity contribution in [3.05, 3.63) is 45.1 Å². The van der Waals surface area contributed by atoms with Crippen molar-refractivity contribution in [1.29, 1.82) is 0 Å². The molecule has 0 saturated heterocycles. The highest BCUT2D eigenvalue weighted by molar-refractivity contribution is 7.22. The van der Waals surface area contributed by atoms with Crippen molar-refractivity contribution in [3.8, 4) is 0 Å². The number of hydrogen-bond donors (Lipinski definition) is 2. The molecule has 5 nitrogen and oxygen atoms in total. The van der Waals surface area contributed by atoms with Crippen LogP contribution in [0.25, 0.3) is 10.2 Å². The Morgan fingerprint density at radius 3 is 2.76 bits per heavy atom. The minimum absolute atomic E-state index is 0.185. The molecule has 2 aromatic heterocycles. The minimum atomic E-state index is -0.999. The molecule has 2 N–H and O–H groups in total. The SMILES string of the molecule is O=C(O)c1ccc2nc(NC(=O)c3sccc3Cl)sc2c1. The number of amides is 1. The Morgan fingerprint density at radius 1 is 1.29 bits per heavy atom. The lowest BCUT2D eigenvalue weighted by molar-refractivity contribution is 0.0697. The summed E-state index contributed by atoms with van der Waals surface area (Å²) in [6.07, 6.45) is 0. The largest absolute Gasteiger partial charge is 0.478 e. The fourth-order valence-electron chi connectivity index (χ4n) is 1.72. The second-order valence-electron chi connectivity index (χ2n) is 4.06. The van der Waals surface area contributed by atoms with Gasteiger partial charge in [0.25, 0.3) is 5.91 Å². The summed E-state index contributed by atoms with van der Waals surface area (Å²) in [5.41, 5.74) is 0.822. The number of benzene rings is 1. The quantitative estimate of drug-likeness (QED) is 0.757. The lowest BCUT2D eigenvalue weighted by atomic mass is 10.2. The van der Waals surface area contributed by atoms with Gasteiger partial charge in [-0.3, -0.25) is 10.1 Å². The molecule has 8 heteroatoms. The van der Waals surface area contributed by atoms with E-state index in [2.05, 4.69) is 10.3 Å². The number of carbonyl (C=O) groups is 2. The molecule has 0 fully saturated rings. The molecule has 21 heavy (non-hydrogen) atoms. The van der Waals surface area contributed by atoms with E-state index in [1.807, 2.05) is 0 Å². The molecule has 2 heterocycles. The molecule has 0 aliphatic heterocycles. The van der Waals surface area contributed by atoms with E-state index < -0.39 is 5.97 Å². The molecule has 0 spiro atoms. The van der Waals surface area contributed by atoms with Gasteiger partial charge >= 0.3 is 5.97 Å². The number of carbonyl (C=O) groups excluding carboxylic acids is 1. The lowest BCUT2D eigenvalue weighted by Crippen LogP contribution is -2.10. The van der Waals surface area contributed by atoms with Crippen molar-refractivity contribution in [2.45, 2.75) is 0 Å². The number of hydrogen-bond acceptors (Lipinski definition) is 5. The second-order valence-corrected chi connectivity index (χ2v) is 6.41. The zero-order valence-corrected chi connectivity index (χ0v) is 12.7. The third kappa shape index (κ3) is 2.76. The number of rotatable bonds is 3. The first-order valence-electron chi connectivity index (χ1n) is 5.73. The van der Waals surface area contributed by atoms with Crippen molar-refractivity contribution in [2.75, 3.05) is 5.32 Å². The van der Waals surface area contributed by atoms with Crippen LogP contribution in [-0.2, 0) is 0 Å². The van der Waals surface area contributed by atoms with Crippen LogP contribution in [0.4, 0.5) is 5.13 Å². The van der Waals surface area contributed by atoms with E-state index in [0.717, 1.165) is 0 Å². The Morgan fingerprint density at radius 2 is 2.10 bits per heavy atom. The molecule has 1 aromatic carbocycles. The van der Waals surface area contributed by atoms with Gasteiger partial charge in [0, 0.05) is 0 Å². The maximum atomic E-state index is 12.0.